The van der Waals surface area contributed by atoms with Crippen LogP contribution in [0.1, 0.15) is 0 Å². The van der Waals surface area contributed by atoms with Crippen LogP contribution >= 0.6 is 0 Å². The molecule has 2 heteroatoms. The van der Waals surface area contributed by atoms with Gasteiger partial charge in [0.1, 0.15) is 0 Å². The number of methoxy groups -OCH3 is 2. The Bertz CT molecular complexity index is 139. The summed E-state index contributed by atoms with van der Waals surface area (Å²) >= 11 is 0. The van der Waals surface area contributed by atoms with E-state index in [2.05, 4.69) is 13.2 Å². The van der Waals surface area contributed by atoms with E-state index in [1.807, 2.05) is 0 Å². The molecule has 10 heavy (non-hydrogen) atoms. The van der Waals surface area contributed by atoms with E-state index in [1.54, 1.807) is 26.4 Å². The summed E-state index contributed by atoms with van der Waals surface area (Å²) in [6, 6.07) is 0. The topological polar surface area (TPSA) is 18.5 Å². The molecule has 0 amide bonds. The Balaban J connectivity index is 4.50. The van der Waals surface area contributed by atoms with Crippen molar-refractivity contribution in [3.8, 4) is 0 Å². The molecule has 0 aromatic heterocycles. The van der Waals surface area contributed by atoms with Crippen LogP contribution in [0.3, 0.4) is 0 Å². The van der Waals surface area contributed by atoms with Crippen LogP contribution in [0.15, 0.2) is 36.8 Å². The highest BCUT2D eigenvalue weighted by Gasteiger charge is 1.97. The average molecular weight is 140 g/mol. The first-order valence-electron chi connectivity index (χ1n) is 2.87. The Kier molecular flexibility index (Phi) is 4.12. The van der Waals surface area contributed by atoms with Crippen LogP contribution in [0.25, 0.3) is 0 Å². The Hall–Kier alpha value is -1.18. The zero-order valence-corrected chi connectivity index (χ0v) is 6.39. The molecule has 0 unspecified atom stereocenters. The molecular weight excluding hydrogens is 128 g/mol. The van der Waals surface area contributed by atoms with Crippen molar-refractivity contribution in [2.45, 2.75) is 0 Å². The highest BCUT2D eigenvalue weighted by Crippen LogP contribution is 2.07. The predicted molar refractivity (Wildman–Crippen MR) is 41.4 cm³/mol. The lowest BCUT2D eigenvalue weighted by molar-refractivity contribution is 0.242. The molecule has 0 aromatic rings. The van der Waals surface area contributed by atoms with E-state index in [0.29, 0.717) is 11.5 Å². The first-order valence-corrected chi connectivity index (χ1v) is 2.87. The molecule has 0 spiro atoms. The minimum absolute atomic E-state index is 0.595. The number of hydrogen-bond acceptors (Lipinski definition) is 2. The summed E-state index contributed by atoms with van der Waals surface area (Å²) in [4.78, 5) is 0. The van der Waals surface area contributed by atoms with E-state index < -0.39 is 0 Å². The number of allylic oxidation sites excluding steroid dienone is 2. The minimum Gasteiger partial charge on any atom is -0.493 e. The second kappa shape index (κ2) is 4.68. The summed E-state index contributed by atoms with van der Waals surface area (Å²) in [7, 11) is 3.11. The van der Waals surface area contributed by atoms with Crippen molar-refractivity contribution in [1.82, 2.24) is 0 Å². The molecule has 0 aliphatic rings. The predicted octanol–water partition coefficient (Wildman–Crippen LogP) is 1.86. The smallest absolute Gasteiger partial charge is 0.160 e. The highest BCUT2D eigenvalue weighted by molar-refractivity contribution is 5.21. The molecule has 0 heterocycles. The molecule has 56 valence electrons. The van der Waals surface area contributed by atoms with Crippen molar-refractivity contribution in [3.63, 3.8) is 0 Å². The highest BCUT2D eigenvalue weighted by atomic mass is 16.5. The molecule has 0 atom stereocenters. The van der Waals surface area contributed by atoms with Crippen LogP contribution < -0.4 is 0 Å². The van der Waals surface area contributed by atoms with Gasteiger partial charge in [0.05, 0.1) is 14.2 Å². The first-order chi connectivity index (χ1) is 4.79. The lowest BCUT2D eigenvalue weighted by Crippen LogP contribution is -1.90. The molecular formula is C8H12O2. The van der Waals surface area contributed by atoms with E-state index in [-0.39, 0.29) is 0 Å². The largest absolute Gasteiger partial charge is 0.493 e. The van der Waals surface area contributed by atoms with Crippen molar-refractivity contribution in [2.24, 2.45) is 0 Å². The third kappa shape index (κ3) is 1.97. The van der Waals surface area contributed by atoms with E-state index >= 15 is 0 Å². The number of hydrogen-bond donors (Lipinski definition) is 0. The average Bonchev–Trinajstić information content (AvgIpc) is 2.00. The van der Waals surface area contributed by atoms with Crippen LogP contribution in [0, 0.1) is 0 Å². The van der Waals surface area contributed by atoms with Crippen LogP contribution in [0.4, 0.5) is 0 Å². The van der Waals surface area contributed by atoms with Gasteiger partial charge in [0.15, 0.2) is 11.5 Å². The maximum atomic E-state index is 4.91. The Labute approximate surface area is 61.5 Å². The van der Waals surface area contributed by atoms with Crippen molar-refractivity contribution in [2.75, 3.05) is 14.2 Å². The number of ether oxygens (including phenoxy) is 2. The van der Waals surface area contributed by atoms with Gasteiger partial charge in [-0.05, 0) is 12.2 Å². The van der Waals surface area contributed by atoms with Crippen LogP contribution in [-0.2, 0) is 9.47 Å². The first kappa shape index (κ1) is 8.82. The maximum absolute atomic E-state index is 4.91. The summed E-state index contributed by atoms with van der Waals surface area (Å²) in [5, 5.41) is 0. The van der Waals surface area contributed by atoms with Crippen LogP contribution in [-0.4, -0.2) is 14.2 Å². The van der Waals surface area contributed by atoms with Crippen molar-refractivity contribution in [3.05, 3.63) is 36.8 Å². The fourth-order valence-corrected chi connectivity index (χ4v) is 0.569. The summed E-state index contributed by atoms with van der Waals surface area (Å²) < 4.78 is 9.82. The lowest BCUT2D eigenvalue weighted by atomic mass is 10.4. The molecule has 0 rings (SSSR count). The summed E-state index contributed by atoms with van der Waals surface area (Å²) in [5.41, 5.74) is 0. The standard InChI is InChI=1S/C8H12O2/c1-5-7(9-3)8(6-2)10-4/h5-6H,1-2H2,3-4H3/b8-7-. The molecule has 0 fully saturated rings. The fourth-order valence-electron chi connectivity index (χ4n) is 0.569. The molecule has 0 aliphatic heterocycles. The maximum Gasteiger partial charge on any atom is 0.160 e. The van der Waals surface area contributed by atoms with Gasteiger partial charge in [-0.2, -0.15) is 0 Å². The van der Waals surface area contributed by atoms with Gasteiger partial charge < -0.3 is 9.47 Å². The Morgan fingerprint density at radius 3 is 1.40 bits per heavy atom. The Morgan fingerprint density at radius 1 is 1.00 bits per heavy atom. The molecule has 0 bridgehead atoms. The summed E-state index contributed by atoms with van der Waals surface area (Å²) in [6.07, 6.45) is 3.14. The van der Waals surface area contributed by atoms with Gasteiger partial charge in [0.25, 0.3) is 0 Å². The molecule has 0 aromatic carbocycles. The Morgan fingerprint density at radius 2 is 1.30 bits per heavy atom. The molecule has 0 radical (unpaired) electrons. The third-order valence-electron chi connectivity index (χ3n) is 1.05. The lowest BCUT2D eigenvalue weighted by Gasteiger charge is -2.04. The fraction of sp³-hybridized carbons (Fsp3) is 0.250. The molecule has 0 saturated heterocycles. The van der Waals surface area contributed by atoms with Gasteiger partial charge in [0.2, 0.25) is 0 Å². The van der Waals surface area contributed by atoms with E-state index in [4.69, 9.17) is 9.47 Å². The van der Waals surface area contributed by atoms with E-state index in [9.17, 15) is 0 Å². The molecule has 0 N–H and O–H groups in total. The quantitative estimate of drug-likeness (QED) is 0.438. The van der Waals surface area contributed by atoms with Gasteiger partial charge in [-0.1, -0.05) is 13.2 Å². The van der Waals surface area contributed by atoms with Gasteiger partial charge in [-0.25, -0.2) is 0 Å². The molecule has 2 nitrogen and oxygen atoms in total. The second-order valence-electron chi connectivity index (χ2n) is 1.54. The third-order valence-corrected chi connectivity index (χ3v) is 1.05. The molecule has 0 saturated carbocycles. The van der Waals surface area contributed by atoms with Crippen LogP contribution in [0.5, 0.6) is 0 Å². The van der Waals surface area contributed by atoms with Gasteiger partial charge in [0, 0.05) is 0 Å². The normalized spacial score (nSPS) is 11.4. The van der Waals surface area contributed by atoms with E-state index in [0.717, 1.165) is 0 Å². The van der Waals surface area contributed by atoms with Gasteiger partial charge >= 0.3 is 0 Å². The van der Waals surface area contributed by atoms with Crippen molar-refractivity contribution in [1.29, 1.82) is 0 Å². The van der Waals surface area contributed by atoms with Gasteiger partial charge in [-0.3, -0.25) is 0 Å². The summed E-state index contributed by atoms with van der Waals surface area (Å²) in [5.74, 6) is 1.19. The zero-order valence-electron chi connectivity index (χ0n) is 6.39. The van der Waals surface area contributed by atoms with Crippen molar-refractivity contribution >= 4 is 0 Å². The molecule has 0 aliphatic carbocycles. The van der Waals surface area contributed by atoms with Crippen LogP contribution in [0.2, 0.25) is 0 Å². The SMILES string of the molecule is C=C/C(OC)=C(\C=C)OC. The zero-order chi connectivity index (χ0) is 7.98. The minimum atomic E-state index is 0.595. The monoisotopic (exact) mass is 140 g/mol. The number of rotatable bonds is 4. The van der Waals surface area contributed by atoms with Gasteiger partial charge in [-0.15, -0.1) is 0 Å². The summed E-state index contributed by atoms with van der Waals surface area (Å²) in [6.45, 7) is 7.08. The second-order valence-corrected chi connectivity index (χ2v) is 1.54. The van der Waals surface area contributed by atoms with E-state index in [1.165, 1.54) is 0 Å². The van der Waals surface area contributed by atoms with Crippen molar-refractivity contribution < 1.29 is 9.47 Å².